The molecule has 0 aliphatic heterocycles. The van der Waals surface area contributed by atoms with Crippen LogP contribution >= 0.6 is 0 Å². The third-order valence-corrected chi connectivity index (χ3v) is 7.75. The minimum Gasteiger partial charge on any atom is -0.326 e. The molecule has 8 nitrogen and oxygen atoms in total. The van der Waals surface area contributed by atoms with Crippen LogP contribution < -0.4 is 10.6 Å². The lowest BCUT2D eigenvalue weighted by molar-refractivity contribution is -0.115. The van der Waals surface area contributed by atoms with Crippen LogP contribution in [0.1, 0.15) is 19.4 Å². The van der Waals surface area contributed by atoms with Crippen molar-refractivity contribution < 1.29 is 18.0 Å². The molecule has 0 radical (unpaired) electrons. The third kappa shape index (κ3) is 6.08. The van der Waals surface area contributed by atoms with E-state index in [9.17, 15) is 18.0 Å². The molecule has 0 saturated carbocycles. The summed E-state index contributed by atoms with van der Waals surface area (Å²) >= 11 is 0. The lowest BCUT2D eigenvalue weighted by Gasteiger charge is -2.11. The largest absolute Gasteiger partial charge is 0.326 e. The van der Waals surface area contributed by atoms with Crippen LogP contribution in [0.4, 0.5) is 11.4 Å². The molecule has 0 fully saturated rings. The fourth-order valence-electron chi connectivity index (χ4n) is 2.70. The van der Waals surface area contributed by atoms with Crippen LogP contribution in [0.15, 0.2) is 85.4 Å². The number of anilines is 2. The number of nitrogens with one attached hydrogen (secondary N) is 2. The van der Waals surface area contributed by atoms with Gasteiger partial charge in [0.15, 0.2) is 0 Å². The van der Waals surface area contributed by atoms with Crippen LogP contribution in [0.25, 0.3) is 0 Å². The molecule has 1 heterocycles. The second kappa shape index (κ2) is 9.84. The van der Waals surface area contributed by atoms with Crippen molar-refractivity contribution in [1.29, 1.82) is 0 Å². The maximum atomic E-state index is 13.0. The predicted octanol–water partition coefficient (Wildman–Crippen LogP) is 3.92. The minimum atomic E-state index is -3.97. The van der Waals surface area contributed by atoms with Gasteiger partial charge in [-0.3, -0.25) is 9.59 Å². The van der Waals surface area contributed by atoms with Crippen LogP contribution in [-0.2, 0) is 30.3 Å². The van der Waals surface area contributed by atoms with Crippen LogP contribution in [0.3, 0.4) is 0 Å². The van der Waals surface area contributed by atoms with Gasteiger partial charge in [-0.05, 0) is 66.1 Å². The van der Waals surface area contributed by atoms with E-state index in [2.05, 4.69) is 19.4 Å². The first-order valence-corrected chi connectivity index (χ1v) is 12.2. The number of carbonyl (C=O) groups is 2. The SMILES string of the molecule is CC(=O)Nc1ccc([S@](=NS(=O)(=O)c2ccc(C)cc2)c2ccc(NC(C)=O)cn2)cc1. The molecule has 3 rings (SSSR count). The number of hydrogen-bond acceptors (Lipinski definition) is 5. The normalized spacial score (nSPS) is 12.2. The van der Waals surface area contributed by atoms with E-state index in [1.54, 1.807) is 48.5 Å². The zero-order valence-electron chi connectivity index (χ0n) is 17.7. The Morgan fingerprint density at radius 2 is 1.41 bits per heavy atom. The molecule has 2 aromatic carbocycles. The van der Waals surface area contributed by atoms with Crippen molar-refractivity contribution >= 4 is 43.9 Å². The van der Waals surface area contributed by atoms with Crippen LogP contribution in [0, 0.1) is 6.92 Å². The average molecular weight is 471 g/mol. The van der Waals surface area contributed by atoms with Gasteiger partial charge in [-0.15, -0.1) is 3.77 Å². The van der Waals surface area contributed by atoms with Gasteiger partial charge in [0.05, 0.1) is 16.8 Å². The van der Waals surface area contributed by atoms with Gasteiger partial charge in [0.25, 0.3) is 10.0 Å². The van der Waals surface area contributed by atoms with Crippen molar-refractivity contribution in [1.82, 2.24) is 4.98 Å². The zero-order chi connectivity index (χ0) is 23.3. The molecule has 1 aromatic heterocycles. The second-order valence-electron chi connectivity index (χ2n) is 6.92. The first-order valence-electron chi connectivity index (χ1n) is 9.54. The lowest BCUT2D eigenvalue weighted by atomic mass is 10.2. The lowest BCUT2D eigenvalue weighted by Crippen LogP contribution is -2.08. The molecule has 1 atom stereocenters. The number of aromatic nitrogens is 1. The van der Waals surface area contributed by atoms with Crippen molar-refractivity contribution in [3.8, 4) is 0 Å². The van der Waals surface area contributed by atoms with Crippen molar-refractivity contribution in [2.75, 3.05) is 10.6 Å². The molecule has 0 aliphatic carbocycles. The Bertz CT molecular complexity index is 1210. The topological polar surface area (TPSA) is 118 Å². The summed E-state index contributed by atoms with van der Waals surface area (Å²) in [5.74, 6) is -0.447. The van der Waals surface area contributed by atoms with E-state index in [1.807, 2.05) is 6.92 Å². The molecule has 3 aromatic rings. The van der Waals surface area contributed by atoms with E-state index >= 15 is 0 Å². The van der Waals surface area contributed by atoms with Gasteiger partial charge in [0.2, 0.25) is 11.8 Å². The monoisotopic (exact) mass is 470 g/mol. The molecule has 32 heavy (non-hydrogen) atoms. The van der Waals surface area contributed by atoms with E-state index in [0.29, 0.717) is 21.3 Å². The Morgan fingerprint density at radius 1 is 0.844 bits per heavy atom. The van der Waals surface area contributed by atoms with Gasteiger partial charge in [-0.2, -0.15) is 8.42 Å². The van der Waals surface area contributed by atoms with Crippen LogP contribution in [0.5, 0.6) is 0 Å². The molecular weight excluding hydrogens is 448 g/mol. The highest BCUT2D eigenvalue weighted by molar-refractivity contribution is 8.00. The minimum absolute atomic E-state index is 0.0883. The van der Waals surface area contributed by atoms with Gasteiger partial charge >= 0.3 is 0 Å². The van der Waals surface area contributed by atoms with Gasteiger partial charge in [0, 0.05) is 24.4 Å². The first-order chi connectivity index (χ1) is 15.1. The number of carbonyl (C=O) groups excluding carboxylic acids is 2. The van der Waals surface area contributed by atoms with Gasteiger partial charge < -0.3 is 10.6 Å². The highest BCUT2D eigenvalue weighted by atomic mass is 32.3. The summed E-state index contributed by atoms with van der Waals surface area (Å²) in [6.45, 7) is 4.66. The number of hydrogen-bond donors (Lipinski definition) is 2. The molecule has 2 amide bonds. The second-order valence-corrected chi connectivity index (χ2v) is 10.4. The standard InChI is InChI=1S/C22H22N4O4S2/c1-15-4-11-21(12-5-15)32(29,30)26-31(20-9-6-18(7-10-20)24-16(2)27)22-13-8-19(14-23-22)25-17(3)28/h4-14H,1-3H3,(H,24,27)(H,25,28)/t31-/m0/s1. The van der Waals surface area contributed by atoms with Crippen molar-refractivity contribution in [2.45, 2.75) is 35.6 Å². The highest BCUT2D eigenvalue weighted by Crippen LogP contribution is 2.24. The number of rotatable bonds is 6. The fraction of sp³-hybridized carbons (Fsp3) is 0.136. The number of aryl methyl sites for hydroxylation is 1. The fourth-order valence-corrected chi connectivity index (χ4v) is 5.94. The molecular formula is C22H22N4O4S2. The van der Waals surface area contributed by atoms with E-state index in [1.165, 1.54) is 32.2 Å². The summed E-state index contributed by atoms with van der Waals surface area (Å²) < 4.78 is 30.2. The Balaban J connectivity index is 2.08. The van der Waals surface area contributed by atoms with E-state index < -0.39 is 20.7 Å². The predicted molar refractivity (Wildman–Crippen MR) is 124 cm³/mol. The maximum Gasteiger partial charge on any atom is 0.288 e. The molecule has 2 N–H and O–H groups in total. The summed E-state index contributed by atoms with van der Waals surface area (Å²) in [7, 11) is -5.24. The van der Waals surface area contributed by atoms with Crippen molar-refractivity contribution in [3.05, 3.63) is 72.4 Å². The number of benzene rings is 2. The Hall–Kier alpha value is -3.37. The number of pyridine rings is 1. The smallest absolute Gasteiger partial charge is 0.288 e. The van der Waals surface area contributed by atoms with Crippen molar-refractivity contribution in [2.24, 2.45) is 3.77 Å². The number of sulfonamides is 1. The summed E-state index contributed by atoms with van der Waals surface area (Å²) in [5.41, 5.74) is 2.01. The van der Waals surface area contributed by atoms with Crippen LogP contribution in [0.2, 0.25) is 0 Å². The Kier molecular flexibility index (Phi) is 7.16. The quantitative estimate of drug-likeness (QED) is 0.566. The average Bonchev–Trinajstić information content (AvgIpc) is 2.73. The summed E-state index contributed by atoms with van der Waals surface area (Å²) in [6.07, 6.45) is 1.45. The summed E-state index contributed by atoms with van der Waals surface area (Å²) in [6, 6.07) is 16.5. The molecule has 0 aliphatic rings. The number of amides is 2. The maximum absolute atomic E-state index is 13.0. The Morgan fingerprint density at radius 3 is 1.94 bits per heavy atom. The first kappa shape index (κ1) is 23.3. The Labute approximate surface area is 189 Å². The molecule has 10 heteroatoms. The van der Waals surface area contributed by atoms with E-state index in [4.69, 9.17) is 0 Å². The van der Waals surface area contributed by atoms with Crippen LogP contribution in [-0.4, -0.2) is 25.2 Å². The molecule has 0 unspecified atom stereocenters. The molecule has 0 bridgehead atoms. The van der Waals surface area contributed by atoms with E-state index in [0.717, 1.165) is 5.56 Å². The van der Waals surface area contributed by atoms with E-state index in [-0.39, 0.29) is 16.7 Å². The highest BCUT2D eigenvalue weighted by Gasteiger charge is 2.17. The molecule has 166 valence electrons. The van der Waals surface area contributed by atoms with Gasteiger partial charge in [-0.1, -0.05) is 17.7 Å². The van der Waals surface area contributed by atoms with Gasteiger partial charge in [0.1, 0.15) is 5.03 Å². The summed E-state index contributed by atoms with van der Waals surface area (Å²) in [5, 5.41) is 5.72. The zero-order valence-corrected chi connectivity index (χ0v) is 19.3. The van der Waals surface area contributed by atoms with Gasteiger partial charge in [-0.25, -0.2) is 4.98 Å². The molecule has 0 spiro atoms. The third-order valence-electron chi connectivity index (χ3n) is 4.14. The van der Waals surface area contributed by atoms with Crippen molar-refractivity contribution in [3.63, 3.8) is 0 Å². The number of nitrogens with zero attached hydrogens (tertiary/aromatic N) is 2. The molecule has 0 saturated heterocycles. The summed E-state index contributed by atoms with van der Waals surface area (Å²) in [4.78, 5) is 27.6.